The molecule has 1 N–H and O–H groups in total. The minimum Gasteiger partial charge on any atom is -0.477 e. The van der Waals surface area contributed by atoms with E-state index in [1.165, 1.54) is 11.3 Å². The highest BCUT2D eigenvalue weighted by Crippen LogP contribution is 2.20. The maximum atomic E-state index is 10.8. The summed E-state index contributed by atoms with van der Waals surface area (Å²) in [5.74, 6) is -0.928. The summed E-state index contributed by atoms with van der Waals surface area (Å²) in [6, 6.07) is 0. The van der Waals surface area contributed by atoms with Crippen molar-refractivity contribution in [2.75, 3.05) is 0 Å². The number of hydrogen-bond donors (Lipinski definition) is 1. The Labute approximate surface area is 78.5 Å². The number of thiazole rings is 1. The summed E-state index contributed by atoms with van der Waals surface area (Å²) in [5, 5.41) is 8.91. The molecule has 0 radical (unpaired) electrons. The monoisotopic (exact) mass is 196 g/mol. The second kappa shape index (κ2) is 2.56. The topological polar surface area (TPSA) is 54.6 Å². The van der Waals surface area contributed by atoms with Gasteiger partial charge in [0.15, 0.2) is 10.7 Å². The molecule has 0 bridgehead atoms. The number of rotatable bonds is 1. The summed E-state index contributed by atoms with van der Waals surface area (Å²) < 4.78 is 1.62. The molecule has 2 aromatic rings. The normalized spacial score (nSPS) is 10.9. The van der Waals surface area contributed by atoms with Gasteiger partial charge < -0.3 is 5.11 Å². The molecule has 4 nitrogen and oxygen atoms in total. The number of nitrogens with zero attached hydrogens (tertiary/aromatic N) is 2. The number of aryl methyl sites for hydroxylation is 2. The lowest BCUT2D eigenvalue weighted by molar-refractivity contribution is 0.0688. The van der Waals surface area contributed by atoms with Gasteiger partial charge in [0.25, 0.3) is 0 Å². The molecular weight excluding hydrogens is 188 g/mol. The van der Waals surface area contributed by atoms with Crippen molar-refractivity contribution in [3.63, 3.8) is 0 Å². The van der Waals surface area contributed by atoms with E-state index in [-0.39, 0.29) is 5.69 Å². The van der Waals surface area contributed by atoms with E-state index >= 15 is 0 Å². The average molecular weight is 196 g/mol. The van der Waals surface area contributed by atoms with E-state index in [0.717, 1.165) is 9.84 Å². The highest BCUT2D eigenvalue weighted by Gasteiger charge is 2.16. The fourth-order valence-electron chi connectivity index (χ4n) is 1.32. The van der Waals surface area contributed by atoms with Crippen molar-refractivity contribution in [1.29, 1.82) is 0 Å². The summed E-state index contributed by atoms with van der Waals surface area (Å²) in [5.41, 5.74) is 0.832. The molecule has 0 atom stereocenters. The van der Waals surface area contributed by atoms with E-state index < -0.39 is 5.97 Å². The first-order valence-corrected chi connectivity index (χ1v) is 4.59. The molecule has 0 saturated carbocycles. The van der Waals surface area contributed by atoms with Crippen molar-refractivity contribution in [3.05, 3.63) is 22.5 Å². The summed E-state index contributed by atoms with van der Waals surface area (Å²) in [6.07, 6.45) is 1.80. The van der Waals surface area contributed by atoms with E-state index in [0.29, 0.717) is 5.69 Å². The minimum absolute atomic E-state index is 0.263. The lowest BCUT2D eigenvalue weighted by Gasteiger charge is -1.91. The molecule has 0 fully saturated rings. The van der Waals surface area contributed by atoms with Crippen molar-refractivity contribution in [2.24, 2.45) is 0 Å². The predicted octanol–water partition coefficient (Wildman–Crippen LogP) is 1.71. The summed E-state index contributed by atoms with van der Waals surface area (Å²) >= 11 is 1.49. The van der Waals surface area contributed by atoms with Crippen molar-refractivity contribution >= 4 is 22.3 Å². The smallest absolute Gasteiger partial charge is 0.354 e. The van der Waals surface area contributed by atoms with Crippen molar-refractivity contribution in [2.45, 2.75) is 13.8 Å². The molecular formula is C8H8N2O2S. The second-order valence-corrected chi connectivity index (χ2v) is 4.06. The zero-order valence-electron chi connectivity index (χ0n) is 7.24. The number of carboxylic acid groups (broad SMARTS) is 1. The fourth-order valence-corrected chi connectivity index (χ4v) is 2.19. The Morgan fingerprint density at radius 3 is 2.92 bits per heavy atom. The number of fused-ring (bicyclic) bond motifs is 1. The second-order valence-electron chi connectivity index (χ2n) is 2.85. The molecule has 0 aromatic carbocycles. The first-order chi connectivity index (χ1) is 6.09. The number of imidazole rings is 1. The molecule has 0 aliphatic heterocycles. The maximum absolute atomic E-state index is 10.8. The van der Waals surface area contributed by atoms with Gasteiger partial charge >= 0.3 is 5.97 Å². The van der Waals surface area contributed by atoms with Crippen LogP contribution >= 0.6 is 11.3 Å². The van der Waals surface area contributed by atoms with Gasteiger partial charge in [-0.15, -0.1) is 11.3 Å². The van der Waals surface area contributed by atoms with E-state index in [9.17, 15) is 4.79 Å². The van der Waals surface area contributed by atoms with Crippen LogP contribution in [-0.2, 0) is 0 Å². The van der Waals surface area contributed by atoms with Crippen LogP contribution in [0.3, 0.4) is 0 Å². The van der Waals surface area contributed by atoms with Crippen LogP contribution < -0.4 is 0 Å². The van der Waals surface area contributed by atoms with Crippen molar-refractivity contribution in [1.82, 2.24) is 9.38 Å². The Kier molecular flexibility index (Phi) is 1.63. The van der Waals surface area contributed by atoms with Crippen molar-refractivity contribution in [3.8, 4) is 0 Å². The van der Waals surface area contributed by atoms with Crippen LogP contribution in [0.15, 0.2) is 6.20 Å². The average Bonchev–Trinajstić information content (AvgIpc) is 2.41. The van der Waals surface area contributed by atoms with Crippen LogP contribution in [0, 0.1) is 13.8 Å². The Hall–Kier alpha value is -1.36. The number of aromatic carboxylic acids is 1. The highest BCUT2D eigenvalue weighted by molar-refractivity contribution is 7.17. The zero-order valence-corrected chi connectivity index (χ0v) is 8.05. The van der Waals surface area contributed by atoms with E-state index in [2.05, 4.69) is 4.98 Å². The zero-order chi connectivity index (χ0) is 9.59. The number of aromatic nitrogens is 2. The molecule has 2 aromatic heterocycles. The SMILES string of the molecule is Cc1cn2c(C(=O)O)c(C)nc2s1. The molecule has 5 heteroatoms. The number of carboxylic acids is 1. The van der Waals surface area contributed by atoms with Gasteiger partial charge in [-0.2, -0.15) is 0 Å². The quantitative estimate of drug-likeness (QED) is 0.755. The molecule has 68 valence electrons. The molecule has 0 aliphatic rings. The number of carbonyl (C=O) groups is 1. The minimum atomic E-state index is -0.928. The van der Waals surface area contributed by atoms with E-state index in [4.69, 9.17) is 5.11 Å². The van der Waals surface area contributed by atoms with Gasteiger partial charge in [0, 0.05) is 11.1 Å². The first-order valence-electron chi connectivity index (χ1n) is 3.78. The molecule has 13 heavy (non-hydrogen) atoms. The van der Waals surface area contributed by atoms with E-state index in [1.54, 1.807) is 17.5 Å². The standard InChI is InChI=1S/C8H8N2O2S/c1-4-3-10-6(7(11)12)5(2)9-8(10)13-4/h3H,1-2H3,(H,11,12). The molecule has 0 spiro atoms. The van der Waals surface area contributed by atoms with Gasteiger partial charge in [-0.05, 0) is 13.8 Å². The van der Waals surface area contributed by atoms with Gasteiger partial charge in [-0.1, -0.05) is 0 Å². The van der Waals surface area contributed by atoms with Crippen molar-refractivity contribution < 1.29 is 9.90 Å². The van der Waals surface area contributed by atoms with Gasteiger partial charge in [0.1, 0.15) is 0 Å². The molecule has 2 rings (SSSR count). The van der Waals surface area contributed by atoms with Crippen LogP contribution in [0.5, 0.6) is 0 Å². The molecule has 0 aliphatic carbocycles. The van der Waals surface area contributed by atoms with Crippen LogP contribution in [0.2, 0.25) is 0 Å². The lowest BCUT2D eigenvalue weighted by Crippen LogP contribution is -2.02. The van der Waals surface area contributed by atoms with Crippen LogP contribution in [0.1, 0.15) is 21.1 Å². The molecule has 0 unspecified atom stereocenters. The van der Waals surface area contributed by atoms with Crippen LogP contribution in [0.25, 0.3) is 4.96 Å². The van der Waals surface area contributed by atoms with Gasteiger partial charge in [-0.3, -0.25) is 4.40 Å². The summed E-state index contributed by atoms with van der Waals surface area (Å²) in [7, 11) is 0. The Morgan fingerprint density at radius 2 is 2.31 bits per heavy atom. The predicted molar refractivity (Wildman–Crippen MR) is 49.5 cm³/mol. The first kappa shape index (κ1) is 8.25. The molecule has 2 heterocycles. The lowest BCUT2D eigenvalue weighted by atomic mass is 10.3. The third-order valence-corrected chi connectivity index (χ3v) is 2.72. The van der Waals surface area contributed by atoms with Crippen LogP contribution in [-0.4, -0.2) is 20.5 Å². The Bertz CT molecular complexity index is 484. The van der Waals surface area contributed by atoms with Gasteiger partial charge in [0.2, 0.25) is 0 Å². The van der Waals surface area contributed by atoms with Gasteiger partial charge in [0.05, 0.1) is 5.69 Å². The third kappa shape index (κ3) is 1.12. The van der Waals surface area contributed by atoms with E-state index in [1.807, 2.05) is 6.92 Å². The molecule has 0 amide bonds. The number of hydrogen-bond acceptors (Lipinski definition) is 3. The van der Waals surface area contributed by atoms with Crippen LogP contribution in [0.4, 0.5) is 0 Å². The third-order valence-electron chi connectivity index (χ3n) is 1.82. The Balaban J connectivity index is 2.83. The highest BCUT2D eigenvalue weighted by atomic mass is 32.1. The summed E-state index contributed by atoms with van der Waals surface area (Å²) in [4.78, 5) is 16.8. The van der Waals surface area contributed by atoms with Gasteiger partial charge in [-0.25, -0.2) is 9.78 Å². The summed E-state index contributed by atoms with van der Waals surface area (Å²) in [6.45, 7) is 3.64. The maximum Gasteiger partial charge on any atom is 0.354 e. The fraction of sp³-hybridized carbons (Fsp3) is 0.250. The largest absolute Gasteiger partial charge is 0.477 e. The molecule has 0 saturated heterocycles. The Morgan fingerprint density at radius 1 is 1.62 bits per heavy atom.